The third-order valence-corrected chi connectivity index (χ3v) is 7.83. The Morgan fingerprint density at radius 1 is 1.05 bits per heavy atom. The second-order valence-corrected chi connectivity index (χ2v) is 10.1. The van der Waals surface area contributed by atoms with Crippen LogP contribution < -0.4 is 20.5 Å². The fraction of sp³-hybridized carbons (Fsp3) is 0.323. The number of hydrogen-bond donors (Lipinski definition) is 2. The maximum Gasteiger partial charge on any atom is 0.254 e. The molecule has 2 aliphatic rings. The Hall–Kier alpha value is -4.53. The topological polar surface area (TPSA) is 112 Å². The average Bonchev–Trinajstić information content (AvgIpc) is 3.40. The number of ether oxygens (including phenoxy) is 2. The monoisotopic (exact) mass is 541 g/mol. The zero-order chi connectivity index (χ0) is 28.2. The zero-order valence-corrected chi connectivity index (χ0v) is 22.9. The van der Waals surface area contributed by atoms with Gasteiger partial charge in [0.25, 0.3) is 5.91 Å². The molecule has 1 aromatic heterocycles. The van der Waals surface area contributed by atoms with Crippen molar-refractivity contribution in [1.82, 2.24) is 14.7 Å². The summed E-state index contributed by atoms with van der Waals surface area (Å²) in [5.41, 5.74) is 9.26. The first-order valence-corrected chi connectivity index (χ1v) is 13.5. The van der Waals surface area contributed by atoms with E-state index in [1.54, 1.807) is 14.2 Å². The van der Waals surface area contributed by atoms with Crippen molar-refractivity contribution < 1.29 is 19.1 Å². The Balaban J connectivity index is 1.52. The molecular weight excluding hydrogens is 506 g/mol. The molecule has 0 spiro atoms. The molecule has 3 aromatic rings. The first kappa shape index (κ1) is 27.1. The van der Waals surface area contributed by atoms with Crippen LogP contribution in [0, 0.1) is 5.92 Å². The van der Waals surface area contributed by atoms with E-state index < -0.39 is 5.91 Å². The van der Waals surface area contributed by atoms with Crippen LogP contribution in [0.15, 0.2) is 55.1 Å². The summed E-state index contributed by atoms with van der Waals surface area (Å²) in [5.74, 6) is 1.54. The van der Waals surface area contributed by atoms with Gasteiger partial charge in [-0.2, -0.15) is 5.10 Å². The van der Waals surface area contributed by atoms with Gasteiger partial charge in [0.15, 0.2) is 0 Å². The maximum absolute atomic E-state index is 12.8. The number of carbonyl (C=O) groups is 2. The van der Waals surface area contributed by atoms with E-state index in [1.807, 2.05) is 64.2 Å². The van der Waals surface area contributed by atoms with Crippen molar-refractivity contribution in [2.75, 3.05) is 39.2 Å². The third kappa shape index (κ3) is 5.19. The van der Waals surface area contributed by atoms with Gasteiger partial charge in [-0.05, 0) is 55.0 Å². The number of nitrogens with two attached hydrogens (primary N) is 1. The van der Waals surface area contributed by atoms with E-state index in [0.29, 0.717) is 59.7 Å². The van der Waals surface area contributed by atoms with Gasteiger partial charge < -0.3 is 25.4 Å². The summed E-state index contributed by atoms with van der Waals surface area (Å²) < 4.78 is 13.4. The van der Waals surface area contributed by atoms with Gasteiger partial charge in [-0.1, -0.05) is 43.0 Å². The Kier molecular flexibility index (Phi) is 7.91. The molecule has 1 saturated heterocycles. The first-order chi connectivity index (χ1) is 19.4. The van der Waals surface area contributed by atoms with E-state index in [0.717, 1.165) is 30.4 Å². The van der Waals surface area contributed by atoms with Gasteiger partial charge in [0.2, 0.25) is 5.91 Å². The predicted molar refractivity (Wildman–Crippen MR) is 156 cm³/mol. The molecule has 1 atom stereocenters. The molecular formula is C31H35N5O4. The number of nitrogens with zero attached hydrogens (tertiary/aromatic N) is 3. The number of anilines is 1. The summed E-state index contributed by atoms with van der Waals surface area (Å²) in [6.07, 6.45) is 7.89. The number of piperidine rings is 1. The lowest BCUT2D eigenvalue weighted by atomic mass is 9.87. The normalized spacial score (nSPS) is 17.2. The average molecular weight is 542 g/mol. The van der Waals surface area contributed by atoms with Crippen LogP contribution in [0.25, 0.3) is 23.4 Å². The van der Waals surface area contributed by atoms with Gasteiger partial charge in [-0.3, -0.25) is 9.59 Å². The molecule has 3 heterocycles. The van der Waals surface area contributed by atoms with Crippen molar-refractivity contribution in [3.8, 4) is 22.8 Å². The SMILES string of the molecule is C=CC(=O)N1CCC(C2CCNc3c(C(N)=O)c(-c4cc(OC)c(C=Cc5ccccc5)c(OC)c4)nn32)CC1. The molecule has 0 radical (unpaired) electrons. The molecule has 0 aliphatic carbocycles. The molecule has 0 saturated carbocycles. The molecule has 9 heteroatoms. The molecule has 208 valence electrons. The summed E-state index contributed by atoms with van der Waals surface area (Å²) in [5, 5.41) is 8.33. The van der Waals surface area contributed by atoms with Crippen LogP contribution in [0.5, 0.6) is 11.5 Å². The summed E-state index contributed by atoms with van der Waals surface area (Å²) in [6, 6.07) is 13.8. The van der Waals surface area contributed by atoms with Crippen molar-refractivity contribution in [1.29, 1.82) is 0 Å². The van der Waals surface area contributed by atoms with Crippen LogP contribution in [0.2, 0.25) is 0 Å². The van der Waals surface area contributed by atoms with E-state index in [-0.39, 0.29) is 11.9 Å². The van der Waals surface area contributed by atoms with Crippen molar-refractivity contribution in [2.45, 2.75) is 25.3 Å². The van der Waals surface area contributed by atoms with Crippen molar-refractivity contribution in [3.63, 3.8) is 0 Å². The number of aromatic nitrogens is 2. The van der Waals surface area contributed by atoms with E-state index in [1.165, 1.54) is 6.08 Å². The number of benzene rings is 2. The number of carbonyl (C=O) groups excluding carboxylic acids is 2. The fourth-order valence-electron chi connectivity index (χ4n) is 5.79. The van der Waals surface area contributed by atoms with E-state index in [2.05, 4.69) is 11.9 Å². The molecule has 1 fully saturated rings. The van der Waals surface area contributed by atoms with Gasteiger partial charge in [0.1, 0.15) is 28.6 Å². The van der Waals surface area contributed by atoms with Crippen LogP contribution in [-0.2, 0) is 4.79 Å². The van der Waals surface area contributed by atoms with Crippen LogP contribution in [0.3, 0.4) is 0 Å². The predicted octanol–water partition coefficient (Wildman–Crippen LogP) is 4.62. The van der Waals surface area contributed by atoms with E-state index >= 15 is 0 Å². The Morgan fingerprint density at radius 2 is 1.73 bits per heavy atom. The lowest BCUT2D eigenvalue weighted by Crippen LogP contribution is -2.41. The molecule has 5 rings (SSSR count). The highest BCUT2D eigenvalue weighted by molar-refractivity contribution is 6.04. The molecule has 40 heavy (non-hydrogen) atoms. The summed E-state index contributed by atoms with van der Waals surface area (Å²) in [7, 11) is 3.21. The maximum atomic E-state index is 12.8. The molecule has 2 amide bonds. The summed E-state index contributed by atoms with van der Waals surface area (Å²) in [6.45, 7) is 5.67. The molecule has 0 bridgehead atoms. The molecule has 1 unspecified atom stereocenters. The number of methoxy groups -OCH3 is 2. The van der Waals surface area contributed by atoms with Crippen LogP contribution in [0.4, 0.5) is 5.82 Å². The molecule has 3 N–H and O–H groups in total. The minimum absolute atomic E-state index is 0.0354. The number of nitrogens with one attached hydrogen (secondary N) is 1. The number of amides is 2. The number of hydrogen-bond acceptors (Lipinski definition) is 6. The highest BCUT2D eigenvalue weighted by Crippen LogP contribution is 2.42. The third-order valence-electron chi connectivity index (χ3n) is 7.83. The number of rotatable bonds is 8. The van der Waals surface area contributed by atoms with Crippen molar-refractivity contribution in [3.05, 3.63) is 71.8 Å². The molecule has 9 nitrogen and oxygen atoms in total. The number of fused-ring (bicyclic) bond motifs is 1. The minimum atomic E-state index is -0.554. The first-order valence-electron chi connectivity index (χ1n) is 13.5. The van der Waals surface area contributed by atoms with Gasteiger partial charge in [0.05, 0.1) is 25.8 Å². The van der Waals surface area contributed by atoms with Crippen LogP contribution in [-0.4, -0.2) is 60.3 Å². The minimum Gasteiger partial charge on any atom is -0.496 e. The molecule has 2 aromatic carbocycles. The smallest absolute Gasteiger partial charge is 0.254 e. The van der Waals surface area contributed by atoms with E-state index in [4.69, 9.17) is 20.3 Å². The van der Waals surface area contributed by atoms with Gasteiger partial charge >= 0.3 is 0 Å². The second kappa shape index (κ2) is 11.7. The summed E-state index contributed by atoms with van der Waals surface area (Å²) >= 11 is 0. The standard InChI is InChI=1S/C31H35N5O4/c1-4-27(37)35-16-13-21(14-17-35)24-12-15-33-31-28(30(32)38)29(34-36(24)31)22-18-25(39-2)23(26(19-22)40-3)11-10-20-8-6-5-7-9-20/h4-11,18-19,21,24,33H,1,12-17H2,2-3H3,(H2,32,38). The Morgan fingerprint density at radius 3 is 2.33 bits per heavy atom. The van der Waals surface area contributed by atoms with Gasteiger partial charge in [-0.25, -0.2) is 4.68 Å². The zero-order valence-electron chi connectivity index (χ0n) is 22.9. The lowest BCUT2D eigenvalue weighted by Gasteiger charge is -2.38. The van der Waals surface area contributed by atoms with Crippen LogP contribution >= 0.6 is 0 Å². The largest absolute Gasteiger partial charge is 0.496 e. The highest BCUT2D eigenvalue weighted by Gasteiger charge is 2.36. The summed E-state index contributed by atoms with van der Waals surface area (Å²) in [4.78, 5) is 26.7. The molecule has 2 aliphatic heterocycles. The quantitative estimate of drug-likeness (QED) is 0.318. The Labute approximate surface area is 234 Å². The lowest BCUT2D eigenvalue weighted by molar-refractivity contribution is -0.127. The highest BCUT2D eigenvalue weighted by atomic mass is 16.5. The van der Waals surface area contributed by atoms with Crippen molar-refractivity contribution >= 4 is 29.8 Å². The van der Waals surface area contributed by atoms with Gasteiger partial charge in [-0.15, -0.1) is 0 Å². The van der Waals surface area contributed by atoms with E-state index in [9.17, 15) is 9.59 Å². The van der Waals surface area contributed by atoms with Crippen LogP contribution in [0.1, 0.15) is 46.8 Å². The number of likely N-dealkylation sites (tertiary alicyclic amines) is 1. The fourth-order valence-corrected chi connectivity index (χ4v) is 5.79. The Bertz CT molecular complexity index is 1410. The van der Waals surface area contributed by atoms with Gasteiger partial charge in [0, 0.05) is 25.2 Å². The number of primary amides is 1. The van der Waals surface area contributed by atoms with Crippen molar-refractivity contribution in [2.24, 2.45) is 11.7 Å². The second-order valence-electron chi connectivity index (χ2n) is 10.1.